The van der Waals surface area contributed by atoms with E-state index in [-0.39, 0.29) is 16.5 Å². The van der Waals surface area contributed by atoms with Crippen LogP contribution in [0.25, 0.3) is 23.1 Å². The van der Waals surface area contributed by atoms with E-state index in [0.29, 0.717) is 16.6 Å². The molecule has 3 rings (SSSR count). The number of aromatic nitrogens is 1. The van der Waals surface area contributed by atoms with Gasteiger partial charge in [0, 0.05) is 11.5 Å². The summed E-state index contributed by atoms with van der Waals surface area (Å²) in [7, 11) is 0. The molecule has 0 aliphatic carbocycles. The second-order valence-electron chi connectivity index (χ2n) is 4.89. The number of rotatable bonds is 3. The molecule has 0 bridgehead atoms. The van der Waals surface area contributed by atoms with Crippen LogP contribution in [0.2, 0.25) is 5.02 Å². The molecule has 23 heavy (non-hydrogen) atoms. The number of halogens is 1. The lowest BCUT2D eigenvalue weighted by atomic mass is 10.1. The van der Waals surface area contributed by atoms with Gasteiger partial charge in [0.25, 0.3) is 5.69 Å². The molecule has 3 aromatic rings. The Kier molecular flexibility index (Phi) is 3.95. The summed E-state index contributed by atoms with van der Waals surface area (Å²) in [6, 6.07) is 13.3. The number of fused-ring (bicyclic) bond motifs is 1. The lowest BCUT2D eigenvalue weighted by molar-refractivity contribution is -0.383. The topological polar surface area (TPSA) is 76.3 Å². The third kappa shape index (κ3) is 3.14. The van der Waals surface area contributed by atoms with Crippen LogP contribution in [0.3, 0.4) is 0 Å². The minimum Gasteiger partial charge on any atom is -0.506 e. The van der Waals surface area contributed by atoms with E-state index in [9.17, 15) is 15.2 Å². The summed E-state index contributed by atoms with van der Waals surface area (Å²) in [6.45, 7) is 0. The Bertz CT molecular complexity index is 938. The SMILES string of the molecule is O=[N+]([O-])c1cccc2ccc(/C=C/c3ccc(O)c(Cl)c3)nc12. The number of hydrogen-bond acceptors (Lipinski definition) is 4. The summed E-state index contributed by atoms with van der Waals surface area (Å²) in [5, 5.41) is 21.5. The van der Waals surface area contributed by atoms with Crippen LogP contribution >= 0.6 is 11.6 Å². The molecule has 0 saturated carbocycles. The molecule has 0 amide bonds. The summed E-state index contributed by atoms with van der Waals surface area (Å²) in [5.41, 5.74) is 1.71. The van der Waals surface area contributed by atoms with Gasteiger partial charge in [0.15, 0.2) is 0 Å². The maximum Gasteiger partial charge on any atom is 0.295 e. The molecular weight excluding hydrogens is 316 g/mol. The maximum absolute atomic E-state index is 11.1. The fourth-order valence-corrected chi connectivity index (χ4v) is 2.38. The Hall–Kier alpha value is -2.92. The molecular formula is C17H11ClN2O3. The van der Waals surface area contributed by atoms with E-state index in [1.165, 1.54) is 12.1 Å². The fourth-order valence-electron chi connectivity index (χ4n) is 2.20. The first kappa shape index (κ1) is 15.0. The number of nitrogens with zero attached hydrogens (tertiary/aromatic N) is 2. The van der Waals surface area contributed by atoms with E-state index in [1.807, 2.05) is 0 Å². The Morgan fingerprint density at radius 2 is 1.96 bits per heavy atom. The molecule has 5 nitrogen and oxygen atoms in total. The van der Waals surface area contributed by atoms with E-state index < -0.39 is 4.92 Å². The van der Waals surface area contributed by atoms with Gasteiger partial charge in [-0.05, 0) is 29.8 Å². The number of para-hydroxylation sites is 1. The van der Waals surface area contributed by atoms with Crippen molar-refractivity contribution >= 4 is 40.3 Å². The van der Waals surface area contributed by atoms with Crippen molar-refractivity contribution in [2.75, 3.05) is 0 Å². The van der Waals surface area contributed by atoms with Gasteiger partial charge in [0.2, 0.25) is 0 Å². The summed E-state index contributed by atoms with van der Waals surface area (Å²) in [5.74, 6) is 0.0169. The highest BCUT2D eigenvalue weighted by atomic mass is 35.5. The third-order valence-corrected chi connectivity index (χ3v) is 3.64. The molecule has 0 unspecified atom stereocenters. The van der Waals surface area contributed by atoms with Gasteiger partial charge in [-0.3, -0.25) is 10.1 Å². The molecule has 0 fully saturated rings. The molecule has 1 heterocycles. The number of aromatic hydroxyl groups is 1. The second kappa shape index (κ2) is 6.06. The van der Waals surface area contributed by atoms with Crippen molar-refractivity contribution in [1.29, 1.82) is 0 Å². The molecule has 1 N–H and O–H groups in total. The Labute approximate surface area is 136 Å². The number of benzene rings is 2. The largest absolute Gasteiger partial charge is 0.506 e. The third-order valence-electron chi connectivity index (χ3n) is 3.34. The van der Waals surface area contributed by atoms with Crippen LogP contribution in [-0.4, -0.2) is 15.0 Å². The quantitative estimate of drug-likeness (QED) is 0.560. The number of phenols is 1. The maximum atomic E-state index is 11.1. The number of hydrogen-bond donors (Lipinski definition) is 1. The van der Waals surface area contributed by atoms with E-state index in [2.05, 4.69) is 4.98 Å². The highest BCUT2D eigenvalue weighted by molar-refractivity contribution is 6.32. The van der Waals surface area contributed by atoms with Crippen molar-refractivity contribution in [3.8, 4) is 5.75 Å². The average molecular weight is 327 g/mol. The smallest absolute Gasteiger partial charge is 0.295 e. The minimum atomic E-state index is -0.442. The van der Waals surface area contributed by atoms with Crippen molar-refractivity contribution in [3.63, 3.8) is 0 Å². The first-order chi connectivity index (χ1) is 11.0. The Morgan fingerprint density at radius 3 is 2.70 bits per heavy atom. The predicted molar refractivity (Wildman–Crippen MR) is 90.4 cm³/mol. The highest BCUT2D eigenvalue weighted by Gasteiger charge is 2.12. The molecule has 0 aliphatic rings. The zero-order valence-electron chi connectivity index (χ0n) is 11.8. The highest BCUT2D eigenvalue weighted by Crippen LogP contribution is 2.26. The lowest BCUT2D eigenvalue weighted by Crippen LogP contribution is -1.92. The van der Waals surface area contributed by atoms with E-state index in [1.54, 1.807) is 48.6 Å². The molecule has 114 valence electrons. The summed E-state index contributed by atoms with van der Waals surface area (Å²) in [6.07, 6.45) is 3.51. The summed E-state index contributed by atoms with van der Waals surface area (Å²) >= 11 is 5.85. The van der Waals surface area contributed by atoms with Gasteiger partial charge in [0.1, 0.15) is 11.3 Å². The van der Waals surface area contributed by atoms with Crippen LogP contribution in [-0.2, 0) is 0 Å². The van der Waals surface area contributed by atoms with Gasteiger partial charge in [-0.1, -0.05) is 41.9 Å². The molecule has 0 spiro atoms. The number of phenolic OH excluding ortho intramolecular Hbond substituents is 1. The molecule has 0 atom stereocenters. The van der Waals surface area contributed by atoms with Crippen molar-refractivity contribution < 1.29 is 10.0 Å². The Morgan fingerprint density at radius 1 is 1.13 bits per heavy atom. The standard InChI is InChI=1S/C17H11ClN2O3/c18-14-10-11(5-9-16(14)21)4-7-13-8-6-12-2-1-3-15(20(22)23)17(12)19-13/h1-10,21H/b7-4+. The van der Waals surface area contributed by atoms with Gasteiger partial charge in [-0.25, -0.2) is 4.98 Å². The van der Waals surface area contributed by atoms with Crippen LogP contribution in [0, 0.1) is 10.1 Å². The molecule has 0 aliphatic heterocycles. The number of nitro benzene ring substituents is 1. The normalized spacial score (nSPS) is 11.2. The van der Waals surface area contributed by atoms with Crippen molar-refractivity contribution in [2.24, 2.45) is 0 Å². The summed E-state index contributed by atoms with van der Waals surface area (Å²) in [4.78, 5) is 15.0. The van der Waals surface area contributed by atoms with Crippen LogP contribution in [0.15, 0.2) is 48.5 Å². The first-order valence-corrected chi connectivity index (χ1v) is 7.13. The van der Waals surface area contributed by atoms with Crippen molar-refractivity contribution in [2.45, 2.75) is 0 Å². The van der Waals surface area contributed by atoms with Crippen LogP contribution in [0.1, 0.15) is 11.3 Å². The van der Waals surface area contributed by atoms with Gasteiger partial charge in [-0.2, -0.15) is 0 Å². The van der Waals surface area contributed by atoms with Crippen molar-refractivity contribution in [1.82, 2.24) is 4.98 Å². The number of pyridine rings is 1. The first-order valence-electron chi connectivity index (χ1n) is 6.75. The average Bonchev–Trinajstić information content (AvgIpc) is 2.55. The number of non-ortho nitro benzene ring substituents is 1. The second-order valence-corrected chi connectivity index (χ2v) is 5.29. The van der Waals surface area contributed by atoms with Gasteiger partial charge in [-0.15, -0.1) is 0 Å². The van der Waals surface area contributed by atoms with Gasteiger partial charge in [0.05, 0.1) is 15.6 Å². The fraction of sp³-hybridized carbons (Fsp3) is 0. The van der Waals surface area contributed by atoms with E-state index >= 15 is 0 Å². The monoisotopic (exact) mass is 326 g/mol. The zero-order valence-corrected chi connectivity index (χ0v) is 12.6. The molecule has 1 aromatic heterocycles. The minimum absolute atomic E-state index is 0.0169. The van der Waals surface area contributed by atoms with Crippen LogP contribution < -0.4 is 0 Å². The Balaban J connectivity index is 2.00. The molecule has 6 heteroatoms. The zero-order chi connectivity index (χ0) is 16.4. The lowest BCUT2D eigenvalue weighted by Gasteiger charge is -2.01. The molecule has 0 radical (unpaired) electrons. The number of nitro groups is 1. The molecule has 2 aromatic carbocycles. The van der Waals surface area contributed by atoms with E-state index in [0.717, 1.165) is 5.56 Å². The van der Waals surface area contributed by atoms with Crippen LogP contribution in [0.5, 0.6) is 5.75 Å². The van der Waals surface area contributed by atoms with Crippen molar-refractivity contribution in [3.05, 3.63) is 74.9 Å². The molecule has 0 saturated heterocycles. The predicted octanol–water partition coefficient (Wildman–Crippen LogP) is 4.67. The van der Waals surface area contributed by atoms with Gasteiger partial charge < -0.3 is 5.11 Å². The summed E-state index contributed by atoms with van der Waals surface area (Å²) < 4.78 is 0. The van der Waals surface area contributed by atoms with Crippen LogP contribution in [0.4, 0.5) is 5.69 Å². The van der Waals surface area contributed by atoms with E-state index in [4.69, 9.17) is 11.6 Å². The van der Waals surface area contributed by atoms with Gasteiger partial charge >= 0.3 is 0 Å².